The average molecular weight is 326 g/mol. The third-order valence-corrected chi connectivity index (χ3v) is 3.85. The topological polar surface area (TPSA) is 93.2 Å². The second kappa shape index (κ2) is 6.67. The molecule has 0 radical (unpaired) electrons. The van der Waals surface area contributed by atoms with Gasteiger partial charge in [-0.3, -0.25) is 0 Å². The van der Waals surface area contributed by atoms with E-state index in [0.717, 1.165) is 22.8 Å². The van der Waals surface area contributed by atoms with Gasteiger partial charge in [-0.2, -0.15) is 0 Å². The Kier molecular flexibility index (Phi) is 4.43. The minimum atomic E-state index is -1.40. The summed E-state index contributed by atoms with van der Waals surface area (Å²) in [5.74, 6) is -0.492. The molecule has 2 aromatic heterocycles. The number of aliphatic hydroxyl groups is 1. The van der Waals surface area contributed by atoms with Crippen molar-refractivity contribution in [3.63, 3.8) is 0 Å². The molecule has 0 unspecified atom stereocenters. The number of hydrogen-bond donors (Lipinski definition) is 2. The lowest BCUT2D eigenvalue weighted by atomic mass is 10.1. The molecule has 2 heterocycles. The smallest absolute Gasteiger partial charge is 0.332 e. The highest BCUT2D eigenvalue weighted by Crippen LogP contribution is 2.30. The molecule has 0 aliphatic rings. The van der Waals surface area contributed by atoms with E-state index in [2.05, 4.69) is 9.97 Å². The number of rotatable bonds is 6. The van der Waals surface area contributed by atoms with Crippen LogP contribution in [0.2, 0.25) is 0 Å². The molecule has 0 fully saturated rings. The van der Waals surface area contributed by atoms with E-state index in [9.17, 15) is 9.90 Å². The number of imidazole rings is 2. The number of carboxylic acid groups (broad SMARTS) is 1. The van der Waals surface area contributed by atoms with Crippen molar-refractivity contribution in [1.82, 2.24) is 19.1 Å². The first-order valence-electron chi connectivity index (χ1n) is 7.57. The summed E-state index contributed by atoms with van der Waals surface area (Å²) in [5.41, 5.74) is 2.52. The summed E-state index contributed by atoms with van der Waals surface area (Å²) in [4.78, 5) is 19.7. The molecule has 0 saturated heterocycles. The Bertz CT molecular complexity index is 839. The van der Waals surface area contributed by atoms with Crippen molar-refractivity contribution in [3.05, 3.63) is 49.1 Å². The maximum absolute atomic E-state index is 10.8. The van der Waals surface area contributed by atoms with Crippen LogP contribution in [-0.4, -0.2) is 41.4 Å². The van der Waals surface area contributed by atoms with Crippen LogP contribution in [0.15, 0.2) is 49.1 Å². The molecule has 0 aliphatic carbocycles. The summed E-state index contributed by atoms with van der Waals surface area (Å²) in [6.07, 6.45) is 3.89. The normalized spacial score (nSPS) is 12.2. The van der Waals surface area contributed by atoms with Gasteiger partial charge in [0.25, 0.3) is 0 Å². The van der Waals surface area contributed by atoms with E-state index < -0.39 is 12.1 Å². The lowest BCUT2D eigenvalue weighted by molar-refractivity contribution is -0.147. The Morgan fingerprint density at radius 1 is 1.25 bits per heavy atom. The number of aryl methyl sites for hydroxylation is 2. The number of aliphatic carboxylic acids is 1. The van der Waals surface area contributed by atoms with E-state index in [-0.39, 0.29) is 6.42 Å². The molecule has 124 valence electrons. The molecule has 7 nitrogen and oxygen atoms in total. The summed E-state index contributed by atoms with van der Waals surface area (Å²) in [5, 5.41) is 18.4. The SMILES string of the molecule is Cn1ccnc1-c1c(-c2ccccc2)ncn1CC[C@H](O)C(=O)O. The number of carboxylic acids is 1. The molecule has 0 spiro atoms. The zero-order valence-corrected chi connectivity index (χ0v) is 13.2. The largest absolute Gasteiger partial charge is 0.479 e. The predicted octanol–water partition coefficient (Wildman–Crippen LogP) is 1.79. The highest BCUT2D eigenvalue weighted by atomic mass is 16.4. The molecule has 24 heavy (non-hydrogen) atoms. The highest BCUT2D eigenvalue weighted by Gasteiger charge is 2.20. The molecule has 0 amide bonds. The Morgan fingerprint density at radius 2 is 2.00 bits per heavy atom. The van der Waals surface area contributed by atoms with E-state index in [1.807, 2.05) is 52.7 Å². The van der Waals surface area contributed by atoms with Crippen LogP contribution in [0.1, 0.15) is 6.42 Å². The van der Waals surface area contributed by atoms with Crippen LogP contribution in [0.4, 0.5) is 0 Å². The summed E-state index contributed by atoms with van der Waals surface area (Å²) >= 11 is 0. The van der Waals surface area contributed by atoms with Gasteiger partial charge in [-0.05, 0) is 0 Å². The molecule has 0 bridgehead atoms. The number of aliphatic hydroxyl groups excluding tert-OH is 1. The van der Waals surface area contributed by atoms with Crippen molar-refractivity contribution in [2.75, 3.05) is 0 Å². The first-order chi connectivity index (χ1) is 11.6. The van der Waals surface area contributed by atoms with Gasteiger partial charge < -0.3 is 19.3 Å². The molecule has 7 heteroatoms. The van der Waals surface area contributed by atoms with Crippen LogP contribution in [0.25, 0.3) is 22.8 Å². The molecule has 1 aromatic carbocycles. The van der Waals surface area contributed by atoms with E-state index in [0.29, 0.717) is 6.54 Å². The van der Waals surface area contributed by atoms with Crippen molar-refractivity contribution < 1.29 is 15.0 Å². The van der Waals surface area contributed by atoms with Gasteiger partial charge in [0, 0.05) is 38.0 Å². The Balaban J connectivity index is 2.02. The Hall–Kier alpha value is -2.93. The fraction of sp³-hybridized carbons (Fsp3) is 0.235. The summed E-state index contributed by atoms with van der Waals surface area (Å²) in [7, 11) is 1.89. The molecule has 0 saturated carbocycles. The van der Waals surface area contributed by atoms with Gasteiger partial charge in [0.05, 0.1) is 12.0 Å². The first kappa shape index (κ1) is 15.9. The van der Waals surface area contributed by atoms with Gasteiger partial charge in [-0.25, -0.2) is 14.8 Å². The monoisotopic (exact) mass is 326 g/mol. The van der Waals surface area contributed by atoms with Crippen molar-refractivity contribution in [1.29, 1.82) is 0 Å². The number of aromatic nitrogens is 4. The summed E-state index contributed by atoms with van der Waals surface area (Å²) in [6, 6.07) is 9.73. The van der Waals surface area contributed by atoms with Gasteiger partial charge in [0.2, 0.25) is 0 Å². The fourth-order valence-corrected chi connectivity index (χ4v) is 2.57. The van der Waals surface area contributed by atoms with E-state index in [1.165, 1.54) is 0 Å². The van der Waals surface area contributed by atoms with Gasteiger partial charge in [0.15, 0.2) is 11.9 Å². The van der Waals surface area contributed by atoms with Crippen molar-refractivity contribution in [2.45, 2.75) is 19.1 Å². The molecule has 2 N–H and O–H groups in total. The Labute approximate surface area is 138 Å². The number of carbonyl (C=O) groups is 1. The number of nitrogens with zero attached hydrogens (tertiary/aromatic N) is 4. The third-order valence-electron chi connectivity index (χ3n) is 3.85. The maximum Gasteiger partial charge on any atom is 0.332 e. The van der Waals surface area contributed by atoms with Gasteiger partial charge >= 0.3 is 5.97 Å². The quantitative estimate of drug-likeness (QED) is 0.720. The average Bonchev–Trinajstić information content (AvgIpc) is 3.18. The van der Waals surface area contributed by atoms with E-state index >= 15 is 0 Å². The Morgan fingerprint density at radius 3 is 2.62 bits per heavy atom. The van der Waals surface area contributed by atoms with Crippen LogP contribution in [0.5, 0.6) is 0 Å². The molecule has 1 atom stereocenters. The minimum Gasteiger partial charge on any atom is -0.479 e. The molecule has 3 aromatic rings. The molecular weight excluding hydrogens is 308 g/mol. The van der Waals surface area contributed by atoms with Crippen LogP contribution in [-0.2, 0) is 18.4 Å². The standard InChI is InChI=1S/C17H18N4O3/c1-20-10-8-18-16(20)15-14(12-5-3-2-4-6-12)19-11-21(15)9-7-13(22)17(23)24/h2-6,8,10-11,13,22H,7,9H2,1H3,(H,23,24)/t13-/m0/s1. The fourth-order valence-electron chi connectivity index (χ4n) is 2.57. The molecule has 0 aliphatic heterocycles. The van der Waals surface area contributed by atoms with Gasteiger partial charge in [-0.15, -0.1) is 0 Å². The van der Waals surface area contributed by atoms with Gasteiger partial charge in [-0.1, -0.05) is 30.3 Å². The molecular formula is C17H18N4O3. The van der Waals surface area contributed by atoms with Gasteiger partial charge in [0.1, 0.15) is 5.69 Å². The zero-order chi connectivity index (χ0) is 17.1. The predicted molar refractivity (Wildman–Crippen MR) is 88.1 cm³/mol. The summed E-state index contributed by atoms with van der Waals surface area (Å²) in [6.45, 7) is 0.329. The van der Waals surface area contributed by atoms with E-state index in [4.69, 9.17) is 5.11 Å². The summed E-state index contributed by atoms with van der Waals surface area (Å²) < 4.78 is 3.71. The van der Waals surface area contributed by atoms with Crippen molar-refractivity contribution >= 4 is 5.97 Å². The number of benzene rings is 1. The maximum atomic E-state index is 10.8. The van der Waals surface area contributed by atoms with Crippen LogP contribution >= 0.6 is 0 Å². The minimum absolute atomic E-state index is 0.0946. The highest BCUT2D eigenvalue weighted by molar-refractivity contribution is 5.75. The zero-order valence-electron chi connectivity index (χ0n) is 13.2. The number of hydrogen-bond acceptors (Lipinski definition) is 4. The van der Waals surface area contributed by atoms with E-state index in [1.54, 1.807) is 12.5 Å². The third kappa shape index (κ3) is 3.07. The molecule has 3 rings (SSSR count). The lowest BCUT2D eigenvalue weighted by Gasteiger charge is -2.11. The van der Waals surface area contributed by atoms with Crippen LogP contribution < -0.4 is 0 Å². The van der Waals surface area contributed by atoms with Crippen molar-refractivity contribution in [2.24, 2.45) is 7.05 Å². The second-order valence-corrected chi connectivity index (χ2v) is 5.51. The van der Waals surface area contributed by atoms with Crippen LogP contribution in [0, 0.1) is 0 Å². The second-order valence-electron chi connectivity index (χ2n) is 5.51. The van der Waals surface area contributed by atoms with Crippen molar-refractivity contribution in [3.8, 4) is 22.8 Å². The van der Waals surface area contributed by atoms with Crippen LogP contribution in [0.3, 0.4) is 0 Å². The lowest BCUT2D eigenvalue weighted by Crippen LogP contribution is -2.21. The first-order valence-corrected chi connectivity index (χ1v) is 7.57.